The summed E-state index contributed by atoms with van der Waals surface area (Å²) >= 11 is 1.43. The van der Waals surface area contributed by atoms with Gasteiger partial charge in [0.15, 0.2) is 5.78 Å². The highest BCUT2D eigenvalue weighted by Gasteiger charge is 2.22. The topological polar surface area (TPSA) is 106 Å². The van der Waals surface area contributed by atoms with E-state index in [0.717, 1.165) is 6.26 Å². The molecule has 0 spiro atoms. The lowest BCUT2D eigenvalue weighted by atomic mass is 9.94. The molecular weight excluding hydrogens is 336 g/mol. The summed E-state index contributed by atoms with van der Waals surface area (Å²) in [6.45, 7) is 0.0598. The fourth-order valence-corrected chi connectivity index (χ4v) is 3.50. The van der Waals surface area contributed by atoms with E-state index in [2.05, 4.69) is 10.3 Å². The molecule has 0 aliphatic heterocycles. The van der Waals surface area contributed by atoms with Crippen molar-refractivity contribution in [2.24, 2.45) is 0 Å². The molecule has 0 saturated heterocycles. The molecule has 2 aromatic rings. The molecule has 0 N–H and O–H groups in total. The Bertz CT molecular complexity index is 803. The first-order chi connectivity index (χ1) is 10.9. The number of nitriles is 1. The lowest BCUT2D eigenvalue weighted by Gasteiger charge is -2.12. The van der Waals surface area contributed by atoms with E-state index >= 15 is 0 Å². The van der Waals surface area contributed by atoms with Gasteiger partial charge in [0.25, 0.3) is 0 Å². The molecule has 0 aliphatic carbocycles. The van der Waals surface area contributed by atoms with Crippen molar-refractivity contribution in [3.8, 4) is 6.07 Å². The number of carbonyl (C=O) groups excluding carboxylic acids is 1. The molecule has 0 bridgehead atoms. The molecular formula is C14H16N4O3S2. The second kappa shape index (κ2) is 7.48. The van der Waals surface area contributed by atoms with Gasteiger partial charge in [0, 0.05) is 35.7 Å². The van der Waals surface area contributed by atoms with E-state index in [4.69, 9.17) is 5.26 Å². The van der Waals surface area contributed by atoms with E-state index in [9.17, 15) is 13.2 Å². The van der Waals surface area contributed by atoms with Crippen molar-refractivity contribution in [3.63, 3.8) is 0 Å². The van der Waals surface area contributed by atoms with Crippen LogP contribution in [0.2, 0.25) is 0 Å². The summed E-state index contributed by atoms with van der Waals surface area (Å²) in [5.41, 5.74) is 1.15. The van der Waals surface area contributed by atoms with Crippen LogP contribution in [0.4, 0.5) is 0 Å². The first kappa shape index (κ1) is 17.3. The predicted octanol–water partition coefficient (Wildman–Crippen LogP) is 1.65. The van der Waals surface area contributed by atoms with Gasteiger partial charge in [0.2, 0.25) is 0 Å². The number of rotatable bonds is 8. The van der Waals surface area contributed by atoms with E-state index in [1.807, 2.05) is 11.4 Å². The van der Waals surface area contributed by atoms with Gasteiger partial charge in [-0.25, -0.2) is 13.1 Å². The van der Waals surface area contributed by atoms with E-state index < -0.39 is 9.84 Å². The number of hydrogen-bond acceptors (Lipinski definition) is 7. The van der Waals surface area contributed by atoms with Gasteiger partial charge < -0.3 is 0 Å². The lowest BCUT2D eigenvalue weighted by Crippen LogP contribution is -2.13. The van der Waals surface area contributed by atoms with Crippen molar-refractivity contribution in [3.05, 3.63) is 34.3 Å². The van der Waals surface area contributed by atoms with E-state index in [1.54, 1.807) is 17.6 Å². The molecule has 0 aromatic carbocycles. The number of nitrogens with zero attached hydrogens (tertiary/aromatic N) is 4. The molecule has 2 heterocycles. The molecule has 2 aromatic heterocycles. The first-order valence-corrected chi connectivity index (χ1v) is 9.89. The van der Waals surface area contributed by atoms with Gasteiger partial charge in [-0.3, -0.25) is 4.79 Å². The Morgan fingerprint density at radius 1 is 1.52 bits per heavy atom. The van der Waals surface area contributed by atoms with Gasteiger partial charge in [0.1, 0.15) is 16.4 Å². The molecule has 122 valence electrons. The molecule has 0 aliphatic rings. The van der Waals surface area contributed by atoms with Crippen LogP contribution in [0.5, 0.6) is 0 Å². The van der Waals surface area contributed by atoms with Crippen molar-refractivity contribution >= 4 is 27.0 Å². The van der Waals surface area contributed by atoms with Crippen molar-refractivity contribution < 1.29 is 13.2 Å². The maximum Gasteiger partial charge on any atom is 0.164 e. The van der Waals surface area contributed by atoms with Gasteiger partial charge in [-0.2, -0.15) is 16.6 Å². The molecule has 0 radical (unpaired) electrons. The third kappa shape index (κ3) is 5.26. The quantitative estimate of drug-likeness (QED) is 0.669. The van der Waals surface area contributed by atoms with E-state index in [1.165, 1.54) is 16.0 Å². The Hall–Kier alpha value is -2.05. The zero-order valence-corrected chi connectivity index (χ0v) is 14.2. The maximum atomic E-state index is 12.3. The van der Waals surface area contributed by atoms with Crippen LogP contribution in [-0.2, 0) is 16.4 Å². The summed E-state index contributed by atoms with van der Waals surface area (Å²) < 4.78 is 24.2. The van der Waals surface area contributed by atoms with Crippen molar-refractivity contribution in [2.75, 3.05) is 12.0 Å². The summed E-state index contributed by atoms with van der Waals surface area (Å²) in [7, 11) is -3.14. The smallest absolute Gasteiger partial charge is 0.164 e. The monoisotopic (exact) mass is 352 g/mol. The minimum Gasteiger partial charge on any atom is -0.294 e. The molecule has 0 unspecified atom stereocenters. The molecule has 23 heavy (non-hydrogen) atoms. The Labute approximate surface area is 138 Å². The van der Waals surface area contributed by atoms with E-state index in [-0.39, 0.29) is 30.4 Å². The van der Waals surface area contributed by atoms with Gasteiger partial charge in [0.05, 0.1) is 17.5 Å². The molecule has 7 nitrogen and oxygen atoms in total. The summed E-state index contributed by atoms with van der Waals surface area (Å²) in [5.74, 6) is -0.427. The summed E-state index contributed by atoms with van der Waals surface area (Å²) in [4.78, 5) is 12.3. The van der Waals surface area contributed by atoms with Gasteiger partial charge in [-0.15, -0.1) is 5.10 Å². The normalized spacial score (nSPS) is 12.7. The lowest BCUT2D eigenvalue weighted by molar-refractivity contribution is 0.0972. The fourth-order valence-electron chi connectivity index (χ4n) is 2.13. The first-order valence-electron chi connectivity index (χ1n) is 6.89. The highest BCUT2D eigenvalue weighted by molar-refractivity contribution is 7.90. The average molecular weight is 352 g/mol. The number of hydrogen-bond donors (Lipinski definition) is 0. The number of sulfone groups is 1. The zero-order valence-electron chi connectivity index (χ0n) is 12.5. The summed E-state index contributed by atoms with van der Waals surface area (Å²) in [6.07, 6.45) is 3.21. The van der Waals surface area contributed by atoms with Crippen LogP contribution < -0.4 is 0 Å². The second-order valence-corrected chi connectivity index (χ2v) is 8.29. The predicted molar refractivity (Wildman–Crippen MR) is 86.0 cm³/mol. The standard InChI is InChI=1S/C14H16N4O3S2/c1-23(20,21)7-3-11(8-14(19)12-2-6-22-10-12)13-9-18(5-4-15)17-16-13/h2,6,9-11H,3,5,7-8H2,1H3/t11-/m1/s1. The summed E-state index contributed by atoms with van der Waals surface area (Å²) in [5, 5.41) is 20.1. The molecule has 0 saturated carbocycles. The van der Waals surface area contributed by atoms with Crippen LogP contribution in [0.1, 0.15) is 34.8 Å². The highest BCUT2D eigenvalue weighted by Crippen LogP contribution is 2.25. The SMILES string of the molecule is CS(=O)(=O)CC[C@H](CC(=O)c1ccsc1)c1cn(CC#N)nn1. The molecule has 0 amide bonds. The largest absolute Gasteiger partial charge is 0.294 e. The van der Waals surface area contributed by atoms with Crippen molar-refractivity contribution in [1.29, 1.82) is 5.26 Å². The van der Waals surface area contributed by atoms with Gasteiger partial charge in [-0.05, 0) is 17.9 Å². The maximum absolute atomic E-state index is 12.3. The minimum absolute atomic E-state index is 0.0281. The van der Waals surface area contributed by atoms with Crippen molar-refractivity contribution in [2.45, 2.75) is 25.3 Å². The molecule has 9 heteroatoms. The van der Waals surface area contributed by atoms with Crippen LogP contribution in [0, 0.1) is 11.3 Å². The Morgan fingerprint density at radius 3 is 2.91 bits per heavy atom. The van der Waals surface area contributed by atoms with Crippen LogP contribution in [0.25, 0.3) is 0 Å². The van der Waals surface area contributed by atoms with Gasteiger partial charge >= 0.3 is 0 Å². The second-order valence-electron chi connectivity index (χ2n) is 5.25. The average Bonchev–Trinajstić information content (AvgIpc) is 3.14. The number of thiophene rings is 1. The van der Waals surface area contributed by atoms with Crippen molar-refractivity contribution in [1.82, 2.24) is 15.0 Å². The Morgan fingerprint density at radius 2 is 2.30 bits per heavy atom. The number of Topliss-reactive ketones (excluding diaryl/α,β-unsaturated/α-hetero) is 1. The third-order valence-electron chi connectivity index (χ3n) is 3.32. The van der Waals surface area contributed by atoms with Crippen LogP contribution >= 0.6 is 11.3 Å². The third-order valence-corrected chi connectivity index (χ3v) is 4.98. The highest BCUT2D eigenvalue weighted by atomic mass is 32.2. The number of carbonyl (C=O) groups is 1. The Balaban J connectivity index is 2.16. The number of aromatic nitrogens is 3. The van der Waals surface area contributed by atoms with Crippen LogP contribution in [0.3, 0.4) is 0 Å². The molecule has 2 rings (SSSR count). The Kier molecular flexibility index (Phi) is 5.63. The van der Waals surface area contributed by atoms with E-state index in [0.29, 0.717) is 17.7 Å². The van der Waals surface area contributed by atoms with Crippen LogP contribution in [-0.4, -0.2) is 41.2 Å². The van der Waals surface area contributed by atoms with Gasteiger partial charge in [-0.1, -0.05) is 5.21 Å². The molecule has 0 fully saturated rings. The number of ketones is 1. The van der Waals surface area contributed by atoms with Crippen LogP contribution in [0.15, 0.2) is 23.0 Å². The minimum atomic E-state index is -3.14. The fraction of sp³-hybridized carbons (Fsp3) is 0.429. The molecule has 1 atom stereocenters. The zero-order chi connectivity index (χ0) is 16.9. The summed E-state index contributed by atoms with van der Waals surface area (Å²) in [6, 6.07) is 3.70.